The van der Waals surface area contributed by atoms with Crippen LogP contribution in [-0.4, -0.2) is 47.5 Å². The molecule has 5 nitrogen and oxygen atoms in total. The Kier molecular flexibility index (Phi) is 5.28. The van der Waals surface area contributed by atoms with Crippen LogP contribution < -0.4 is 10.2 Å². The van der Waals surface area contributed by atoms with Gasteiger partial charge in [0.2, 0.25) is 0 Å². The summed E-state index contributed by atoms with van der Waals surface area (Å²) in [5.41, 5.74) is 0.484. The predicted molar refractivity (Wildman–Crippen MR) is 109 cm³/mol. The van der Waals surface area contributed by atoms with Crippen LogP contribution in [0.25, 0.3) is 0 Å². The molecule has 162 valence electrons. The minimum Gasteiger partial charge on any atom is -0.361 e. The Labute approximate surface area is 174 Å². The third-order valence-electron chi connectivity index (χ3n) is 6.77. The average molecular weight is 420 g/mol. The molecule has 2 aliphatic rings. The van der Waals surface area contributed by atoms with Crippen molar-refractivity contribution in [3.63, 3.8) is 0 Å². The molecule has 0 amide bonds. The van der Waals surface area contributed by atoms with Crippen molar-refractivity contribution in [1.29, 1.82) is 0 Å². The molecule has 4 rings (SSSR count). The lowest BCUT2D eigenvalue weighted by Gasteiger charge is -2.49. The molecule has 30 heavy (non-hydrogen) atoms. The topological polar surface area (TPSA) is 51.6 Å². The summed E-state index contributed by atoms with van der Waals surface area (Å²) >= 11 is 0. The number of rotatable bonds is 3. The largest absolute Gasteiger partial charge is 0.433 e. The van der Waals surface area contributed by atoms with Crippen LogP contribution in [0.2, 0.25) is 0 Å². The first-order valence-corrected chi connectivity index (χ1v) is 10.1. The second kappa shape index (κ2) is 7.51. The lowest BCUT2D eigenvalue weighted by atomic mass is 9.69. The van der Waals surface area contributed by atoms with Crippen molar-refractivity contribution in [2.45, 2.75) is 49.3 Å². The normalized spacial score (nSPS) is 29.7. The number of halogens is 3. The van der Waals surface area contributed by atoms with E-state index in [1.165, 1.54) is 17.8 Å². The van der Waals surface area contributed by atoms with Crippen LogP contribution in [-0.2, 0) is 11.7 Å². The Morgan fingerprint density at radius 3 is 2.27 bits per heavy atom. The number of hydrogen-bond donors (Lipinski definition) is 2. The van der Waals surface area contributed by atoms with Crippen molar-refractivity contribution in [1.82, 2.24) is 15.2 Å². The number of alkyl halides is 3. The number of aliphatic hydroxyl groups is 1. The van der Waals surface area contributed by atoms with Gasteiger partial charge in [-0.05, 0) is 57.5 Å². The molecular weight excluding hydrogens is 393 g/mol. The van der Waals surface area contributed by atoms with Gasteiger partial charge in [-0.25, -0.2) is 4.98 Å². The predicted octanol–water partition coefficient (Wildman–Crippen LogP) is 3.56. The number of nitrogens with one attached hydrogen (secondary N) is 1. The summed E-state index contributed by atoms with van der Waals surface area (Å²) in [7, 11) is 4.20. The van der Waals surface area contributed by atoms with E-state index in [4.69, 9.17) is 0 Å². The summed E-state index contributed by atoms with van der Waals surface area (Å²) in [6.45, 7) is 0.527. The van der Waals surface area contributed by atoms with Gasteiger partial charge in [-0.15, -0.1) is 0 Å². The number of benzene rings is 1. The van der Waals surface area contributed by atoms with Gasteiger partial charge in [0.05, 0.1) is 11.9 Å². The highest BCUT2D eigenvalue weighted by molar-refractivity contribution is 5.47. The zero-order valence-corrected chi connectivity index (χ0v) is 17.2. The van der Waals surface area contributed by atoms with Crippen LogP contribution in [0.3, 0.4) is 0 Å². The quantitative estimate of drug-likeness (QED) is 0.795. The first-order valence-electron chi connectivity index (χ1n) is 10.1. The molecule has 2 heterocycles. The van der Waals surface area contributed by atoms with E-state index in [-0.39, 0.29) is 11.1 Å². The highest BCUT2D eigenvalue weighted by Gasteiger charge is 2.50. The van der Waals surface area contributed by atoms with Crippen molar-refractivity contribution in [3.05, 3.63) is 59.9 Å². The lowest BCUT2D eigenvalue weighted by Crippen LogP contribution is -2.54. The second-order valence-corrected chi connectivity index (χ2v) is 8.62. The molecule has 2 aromatic rings. The fourth-order valence-electron chi connectivity index (χ4n) is 4.95. The number of aliphatic hydroxyl groups excluding tert-OH is 1. The zero-order chi connectivity index (χ0) is 21.6. The van der Waals surface area contributed by atoms with Gasteiger partial charge in [-0.3, -0.25) is 10.2 Å². The summed E-state index contributed by atoms with van der Waals surface area (Å²) in [6, 6.07) is 12.8. The van der Waals surface area contributed by atoms with Crippen molar-refractivity contribution >= 4 is 5.69 Å². The average Bonchev–Trinajstić information content (AvgIpc) is 3.04. The monoisotopic (exact) mass is 420 g/mol. The first-order chi connectivity index (χ1) is 14.2. The maximum absolute atomic E-state index is 12.8. The molecule has 0 radical (unpaired) electrons. The van der Waals surface area contributed by atoms with Gasteiger partial charge in [-0.2, -0.15) is 13.2 Å². The molecule has 1 aliphatic heterocycles. The first kappa shape index (κ1) is 21.1. The fraction of sp³-hybridized carbons (Fsp3) is 0.500. The Morgan fingerprint density at radius 2 is 1.73 bits per heavy atom. The van der Waals surface area contributed by atoms with E-state index in [1.54, 1.807) is 4.90 Å². The van der Waals surface area contributed by atoms with E-state index in [9.17, 15) is 18.3 Å². The van der Waals surface area contributed by atoms with Crippen LogP contribution in [0.4, 0.5) is 18.9 Å². The molecule has 2 N–H and O–H groups in total. The summed E-state index contributed by atoms with van der Waals surface area (Å²) < 4.78 is 38.4. The molecule has 1 atom stereocenters. The molecule has 1 aromatic carbocycles. The highest BCUT2D eigenvalue weighted by Crippen LogP contribution is 2.46. The molecule has 8 heteroatoms. The minimum absolute atomic E-state index is 0.0670. The zero-order valence-electron chi connectivity index (χ0n) is 17.2. The fourth-order valence-corrected chi connectivity index (χ4v) is 4.95. The van der Waals surface area contributed by atoms with Crippen molar-refractivity contribution < 1.29 is 18.3 Å². The van der Waals surface area contributed by atoms with Gasteiger partial charge in [-0.1, -0.05) is 30.3 Å². The Bertz CT molecular complexity index is 862. The third-order valence-corrected chi connectivity index (χ3v) is 6.77. The van der Waals surface area contributed by atoms with Gasteiger partial charge >= 0.3 is 6.18 Å². The molecule has 2 fully saturated rings. The van der Waals surface area contributed by atoms with Crippen molar-refractivity contribution in [3.8, 4) is 0 Å². The molecule has 1 aromatic heterocycles. The number of pyridine rings is 1. The smallest absolute Gasteiger partial charge is 0.361 e. The summed E-state index contributed by atoms with van der Waals surface area (Å²) in [5, 5.41) is 13.9. The molecule has 1 unspecified atom stereocenters. The lowest BCUT2D eigenvalue weighted by molar-refractivity contribution is -0.141. The van der Waals surface area contributed by atoms with Crippen LogP contribution in [0.1, 0.15) is 36.9 Å². The molecule has 1 saturated carbocycles. The minimum atomic E-state index is -4.47. The molecule has 1 aliphatic carbocycles. The van der Waals surface area contributed by atoms with Crippen LogP contribution >= 0.6 is 0 Å². The Hall–Kier alpha value is -2.16. The number of anilines is 1. The van der Waals surface area contributed by atoms with E-state index in [0.29, 0.717) is 12.2 Å². The third kappa shape index (κ3) is 3.68. The van der Waals surface area contributed by atoms with E-state index in [2.05, 4.69) is 53.6 Å². The van der Waals surface area contributed by atoms with Gasteiger partial charge in [0.15, 0.2) is 6.35 Å². The molecule has 1 saturated heterocycles. The number of nitrogens with zero attached hydrogens (tertiary/aromatic N) is 3. The summed E-state index contributed by atoms with van der Waals surface area (Å²) in [6.07, 6.45) is -0.705. The highest BCUT2D eigenvalue weighted by atomic mass is 19.4. The van der Waals surface area contributed by atoms with Crippen LogP contribution in [0.15, 0.2) is 48.7 Å². The molecule has 1 spiro atoms. The summed E-state index contributed by atoms with van der Waals surface area (Å²) in [5.74, 6) is 0. The number of aromatic nitrogens is 1. The second-order valence-electron chi connectivity index (χ2n) is 8.62. The van der Waals surface area contributed by atoms with Gasteiger partial charge in [0.1, 0.15) is 5.69 Å². The Morgan fingerprint density at radius 1 is 1.07 bits per heavy atom. The van der Waals surface area contributed by atoms with Crippen LogP contribution in [0, 0.1) is 0 Å². The van der Waals surface area contributed by atoms with E-state index < -0.39 is 18.2 Å². The van der Waals surface area contributed by atoms with E-state index >= 15 is 0 Å². The van der Waals surface area contributed by atoms with Crippen molar-refractivity contribution in [2.24, 2.45) is 0 Å². The molecule has 0 bridgehead atoms. The van der Waals surface area contributed by atoms with E-state index in [0.717, 1.165) is 31.7 Å². The SMILES string of the molecule is CN(C)C1(c2ccccc2)CCC2(CC1)CN(c1ccc(C(F)(F)F)nc1)C(O)N2. The maximum Gasteiger partial charge on any atom is 0.433 e. The number of hydrogen-bond acceptors (Lipinski definition) is 5. The van der Waals surface area contributed by atoms with Gasteiger partial charge in [0, 0.05) is 17.6 Å². The maximum atomic E-state index is 12.8. The standard InChI is InChI=1S/C22H27F3N4O/c1-28(2)21(16-6-4-3-5-7-16)12-10-20(11-13-21)15-29(19(30)27-20)17-8-9-18(26-14-17)22(23,24)25/h3-9,14,19,27,30H,10-13,15H2,1-2H3. The van der Waals surface area contributed by atoms with E-state index in [1.807, 2.05) is 6.07 Å². The Balaban J connectivity index is 1.51. The van der Waals surface area contributed by atoms with Gasteiger partial charge in [0.25, 0.3) is 0 Å². The summed E-state index contributed by atoms with van der Waals surface area (Å²) in [4.78, 5) is 7.50. The molecular formula is C22H27F3N4O. The van der Waals surface area contributed by atoms with Crippen molar-refractivity contribution in [2.75, 3.05) is 25.5 Å². The van der Waals surface area contributed by atoms with Gasteiger partial charge < -0.3 is 10.0 Å². The van der Waals surface area contributed by atoms with Crippen LogP contribution in [0.5, 0.6) is 0 Å².